The van der Waals surface area contributed by atoms with Crippen LogP contribution in [0, 0.1) is 0 Å². The molecule has 0 aliphatic heterocycles. The molecule has 2 heteroatoms. The topological polar surface area (TPSA) is 31.6 Å². The van der Waals surface area contributed by atoms with Crippen LogP contribution in [0.25, 0.3) is 21.8 Å². The van der Waals surface area contributed by atoms with Gasteiger partial charge in [-0.15, -0.1) is 0 Å². The third-order valence-electron chi connectivity index (χ3n) is 4.41. The molecule has 2 aromatic heterocycles. The van der Waals surface area contributed by atoms with E-state index in [9.17, 15) is 0 Å². The molecule has 0 aliphatic carbocycles. The molecule has 0 aliphatic rings. The molecule has 0 saturated carbocycles. The van der Waals surface area contributed by atoms with Crippen LogP contribution >= 0.6 is 0 Å². The van der Waals surface area contributed by atoms with Gasteiger partial charge in [0.05, 0.1) is 0 Å². The van der Waals surface area contributed by atoms with Crippen LogP contribution in [0.2, 0.25) is 0 Å². The Hall–Kier alpha value is -2.74. The number of allylic oxidation sites excluding steroid dienone is 2. The van der Waals surface area contributed by atoms with E-state index in [4.69, 9.17) is 0 Å². The number of rotatable bonds is 3. The maximum atomic E-state index is 3.41. The Balaban J connectivity index is 1.97. The quantitative estimate of drug-likeness (QED) is 0.452. The van der Waals surface area contributed by atoms with Crippen molar-refractivity contribution in [1.82, 2.24) is 9.97 Å². The first-order valence-corrected chi connectivity index (χ1v) is 8.01. The first-order valence-electron chi connectivity index (χ1n) is 8.01. The van der Waals surface area contributed by atoms with Crippen molar-refractivity contribution in [2.24, 2.45) is 0 Å². The van der Waals surface area contributed by atoms with Crippen LogP contribution in [0.1, 0.15) is 30.9 Å². The molecule has 0 amide bonds. The molecule has 4 aromatic rings. The van der Waals surface area contributed by atoms with Gasteiger partial charge in [0, 0.05) is 40.1 Å². The highest BCUT2D eigenvalue weighted by Crippen LogP contribution is 2.36. The van der Waals surface area contributed by atoms with Crippen LogP contribution in [0.15, 0.2) is 72.6 Å². The predicted octanol–water partition coefficient (Wildman–Crippen LogP) is 5.75. The molecule has 0 atom stereocenters. The second kappa shape index (κ2) is 5.47. The van der Waals surface area contributed by atoms with Crippen LogP contribution < -0.4 is 0 Å². The van der Waals surface area contributed by atoms with Crippen molar-refractivity contribution < 1.29 is 0 Å². The largest absolute Gasteiger partial charge is 0.361 e. The van der Waals surface area contributed by atoms with Gasteiger partial charge in [0.2, 0.25) is 0 Å². The molecule has 4 rings (SSSR count). The summed E-state index contributed by atoms with van der Waals surface area (Å²) in [5, 5.41) is 2.58. The van der Waals surface area contributed by atoms with Gasteiger partial charge >= 0.3 is 0 Å². The SMILES string of the molecule is CC(C)=CC(c1c[nH]c2ccccc12)c1c[nH]c2ccccc12. The maximum Gasteiger partial charge on any atom is 0.0457 e. The molecule has 2 nitrogen and oxygen atoms in total. The van der Waals surface area contributed by atoms with Gasteiger partial charge in [-0.25, -0.2) is 0 Å². The van der Waals surface area contributed by atoms with Crippen molar-refractivity contribution in [3.05, 3.63) is 83.7 Å². The fraction of sp³-hybridized carbons (Fsp3) is 0.143. The molecule has 23 heavy (non-hydrogen) atoms. The van der Waals surface area contributed by atoms with E-state index in [1.165, 1.54) is 38.5 Å². The molecule has 0 spiro atoms. The predicted molar refractivity (Wildman–Crippen MR) is 97.9 cm³/mol. The lowest BCUT2D eigenvalue weighted by molar-refractivity contribution is 1.03. The fourth-order valence-electron chi connectivity index (χ4n) is 3.38. The van der Waals surface area contributed by atoms with E-state index < -0.39 is 0 Å². The summed E-state index contributed by atoms with van der Waals surface area (Å²) < 4.78 is 0. The van der Waals surface area contributed by atoms with Gasteiger partial charge in [0.25, 0.3) is 0 Å². The van der Waals surface area contributed by atoms with Gasteiger partial charge in [0.1, 0.15) is 0 Å². The highest BCUT2D eigenvalue weighted by atomic mass is 14.7. The first-order chi connectivity index (χ1) is 11.2. The van der Waals surface area contributed by atoms with Crippen LogP contribution in [-0.2, 0) is 0 Å². The lowest BCUT2D eigenvalue weighted by Gasteiger charge is -2.13. The van der Waals surface area contributed by atoms with Crippen LogP contribution in [0.3, 0.4) is 0 Å². The number of aromatic nitrogens is 2. The van der Waals surface area contributed by atoms with E-state index in [1.54, 1.807) is 0 Å². The summed E-state index contributed by atoms with van der Waals surface area (Å²) in [6.45, 7) is 4.33. The number of nitrogens with one attached hydrogen (secondary N) is 2. The molecule has 0 unspecified atom stereocenters. The number of fused-ring (bicyclic) bond motifs is 2. The van der Waals surface area contributed by atoms with Crippen molar-refractivity contribution in [3.8, 4) is 0 Å². The van der Waals surface area contributed by atoms with E-state index in [0.29, 0.717) is 0 Å². The zero-order chi connectivity index (χ0) is 15.8. The monoisotopic (exact) mass is 300 g/mol. The van der Waals surface area contributed by atoms with E-state index in [-0.39, 0.29) is 5.92 Å². The second-order valence-corrected chi connectivity index (χ2v) is 6.30. The minimum atomic E-state index is 0.243. The zero-order valence-electron chi connectivity index (χ0n) is 13.4. The lowest BCUT2D eigenvalue weighted by Crippen LogP contribution is -1.97. The molecule has 0 bridgehead atoms. The molecule has 0 saturated heterocycles. The average Bonchev–Trinajstić information content (AvgIpc) is 3.17. The smallest absolute Gasteiger partial charge is 0.0457 e. The Labute approximate surface area is 135 Å². The van der Waals surface area contributed by atoms with Crippen LogP contribution in [0.4, 0.5) is 0 Å². The molecule has 0 radical (unpaired) electrons. The maximum absolute atomic E-state index is 3.41. The number of benzene rings is 2. The Morgan fingerprint density at radius 1 is 0.783 bits per heavy atom. The van der Waals surface area contributed by atoms with Crippen LogP contribution in [0.5, 0.6) is 0 Å². The number of hydrogen-bond acceptors (Lipinski definition) is 0. The lowest BCUT2D eigenvalue weighted by atomic mass is 9.89. The summed E-state index contributed by atoms with van der Waals surface area (Å²) in [7, 11) is 0. The van der Waals surface area contributed by atoms with Gasteiger partial charge in [-0.05, 0) is 37.1 Å². The minimum absolute atomic E-state index is 0.243. The Morgan fingerprint density at radius 2 is 1.26 bits per heavy atom. The van der Waals surface area contributed by atoms with E-state index in [2.05, 4.69) is 90.8 Å². The highest BCUT2D eigenvalue weighted by Gasteiger charge is 2.19. The van der Waals surface area contributed by atoms with Crippen molar-refractivity contribution in [1.29, 1.82) is 0 Å². The van der Waals surface area contributed by atoms with Crippen molar-refractivity contribution in [2.45, 2.75) is 19.8 Å². The summed E-state index contributed by atoms with van der Waals surface area (Å²) in [4.78, 5) is 6.82. The average molecular weight is 300 g/mol. The standard InChI is InChI=1S/C21H20N2/c1-14(2)11-17(18-12-22-20-9-5-3-7-15(18)20)19-13-23-21-10-6-4-8-16(19)21/h3-13,17,22-23H,1-2H3. The molecule has 2 heterocycles. The fourth-order valence-corrected chi connectivity index (χ4v) is 3.38. The van der Waals surface area contributed by atoms with E-state index in [0.717, 1.165) is 0 Å². The molecular formula is C21H20N2. The van der Waals surface area contributed by atoms with Crippen LogP contribution in [-0.4, -0.2) is 9.97 Å². The van der Waals surface area contributed by atoms with E-state index in [1.807, 2.05) is 0 Å². The molecule has 2 N–H and O–H groups in total. The van der Waals surface area contributed by atoms with Gasteiger partial charge in [-0.1, -0.05) is 48.0 Å². The second-order valence-electron chi connectivity index (χ2n) is 6.30. The third kappa shape index (κ3) is 2.36. The minimum Gasteiger partial charge on any atom is -0.361 e. The number of para-hydroxylation sites is 2. The van der Waals surface area contributed by atoms with Crippen molar-refractivity contribution in [3.63, 3.8) is 0 Å². The number of aromatic amines is 2. The highest BCUT2D eigenvalue weighted by molar-refractivity contribution is 5.88. The Morgan fingerprint density at radius 3 is 1.74 bits per heavy atom. The summed E-state index contributed by atoms with van der Waals surface area (Å²) >= 11 is 0. The molecule has 0 fully saturated rings. The first kappa shape index (κ1) is 13.9. The number of H-pyrrole nitrogens is 2. The molecule has 2 aromatic carbocycles. The van der Waals surface area contributed by atoms with Gasteiger partial charge in [-0.3, -0.25) is 0 Å². The number of hydrogen-bond donors (Lipinski definition) is 2. The normalized spacial score (nSPS) is 11.4. The molecule has 114 valence electrons. The summed E-state index contributed by atoms with van der Waals surface area (Å²) in [5.74, 6) is 0.243. The summed E-state index contributed by atoms with van der Waals surface area (Å²) in [6.07, 6.45) is 6.65. The summed E-state index contributed by atoms with van der Waals surface area (Å²) in [6, 6.07) is 17.0. The van der Waals surface area contributed by atoms with Gasteiger partial charge in [-0.2, -0.15) is 0 Å². The zero-order valence-corrected chi connectivity index (χ0v) is 13.4. The van der Waals surface area contributed by atoms with Gasteiger partial charge in [0.15, 0.2) is 0 Å². The Bertz CT molecular complexity index is 923. The van der Waals surface area contributed by atoms with Crippen molar-refractivity contribution in [2.75, 3.05) is 0 Å². The molecular weight excluding hydrogens is 280 g/mol. The van der Waals surface area contributed by atoms with Crippen molar-refractivity contribution >= 4 is 21.8 Å². The Kier molecular flexibility index (Phi) is 3.30. The van der Waals surface area contributed by atoms with E-state index >= 15 is 0 Å². The van der Waals surface area contributed by atoms with Gasteiger partial charge < -0.3 is 9.97 Å². The third-order valence-corrected chi connectivity index (χ3v) is 4.41. The summed E-state index contributed by atoms with van der Waals surface area (Å²) in [5.41, 5.74) is 6.35.